The molecule has 1 aliphatic rings. The lowest BCUT2D eigenvalue weighted by atomic mass is 10.2. The number of aliphatic hydroxyl groups excluding tert-OH is 1. The largest absolute Gasteiger partial charge is 0.390 e. The van der Waals surface area contributed by atoms with Gasteiger partial charge >= 0.3 is 5.69 Å². The van der Waals surface area contributed by atoms with Gasteiger partial charge in [0.1, 0.15) is 18.1 Å². The third-order valence-corrected chi connectivity index (χ3v) is 4.56. The molecule has 0 radical (unpaired) electrons. The molecule has 0 aromatic carbocycles. The van der Waals surface area contributed by atoms with Gasteiger partial charge in [-0.2, -0.15) is 4.98 Å². The summed E-state index contributed by atoms with van der Waals surface area (Å²) in [7, 11) is -0.468. The first-order valence-corrected chi connectivity index (χ1v) is 9.50. The van der Waals surface area contributed by atoms with Crippen LogP contribution in [0.25, 0.3) is 12.2 Å². The van der Waals surface area contributed by atoms with Crippen LogP contribution in [0.3, 0.4) is 0 Å². The maximum absolute atomic E-state index is 12.2. The maximum atomic E-state index is 12.2. The summed E-state index contributed by atoms with van der Waals surface area (Å²) < 4.78 is 19.0. The zero-order chi connectivity index (χ0) is 22.2. The number of ether oxygens (including phenoxy) is 1. The number of carbonyl (C=O) groups is 1. The number of H-pyrrole nitrogens is 1. The zero-order valence-electron chi connectivity index (χ0n) is 16.9. The molecule has 160 valence electrons. The number of anilines is 1. The number of rotatable bonds is 9. The number of nitrogens with two attached hydrogens (primary N) is 1. The number of aromatic amines is 1. The number of amides is 1. The van der Waals surface area contributed by atoms with Gasteiger partial charge < -0.3 is 30.4 Å². The summed E-state index contributed by atoms with van der Waals surface area (Å²) in [4.78, 5) is 34.6. The van der Waals surface area contributed by atoms with Crippen LogP contribution >= 0.6 is 9.41 Å². The minimum Gasteiger partial charge on any atom is -0.390 e. The summed E-state index contributed by atoms with van der Waals surface area (Å²) in [6.07, 6.45) is 8.88. The lowest BCUT2D eigenvalue weighted by molar-refractivity contribution is -0.116. The standard InChI is InChI=1S/C18H23N6O5P/c19-17-11(2-1-5-21-15(26)4-3-12-7-20-10-22-12)8-24(18(27)23-17)16-6-13(25)14(29-16)9-28-30/h1-4,7-8,10,13-14,16,25H,5-6,9,30H2,(H,20,22)(H,21,26)(H2,19,23,27)/b2-1?,4-3+/i30T. The van der Waals surface area contributed by atoms with Crippen LogP contribution in [-0.2, 0) is 14.1 Å². The summed E-state index contributed by atoms with van der Waals surface area (Å²) >= 11 is 0. The predicted molar refractivity (Wildman–Crippen MR) is 113 cm³/mol. The molecular formula is C18H23N6O5P. The van der Waals surface area contributed by atoms with E-state index in [2.05, 4.69) is 20.3 Å². The highest BCUT2D eigenvalue weighted by Crippen LogP contribution is 2.28. The highest BCUT2D eigenvalue weighted by molar-refractivity contribution is 7.09. The van der Waals surface area contributed by atoms with Crippen molar-refractivity contribution in [3.63, 3.8) is 0 Å². The Kier molecular flexibility index (Phi) is 6.99. The topological polar surface area (TPSA) is 157 Å². The minimum absolute atomic E-state index is 0.0387. The van der Waals surface area contributed by atoms with Gasteiger partial charge in [-0.15, -0.1) is 0 Å². The van der Waals surface area contributed by atoms with Crippen LogP contribution in [0.1, 0.15) is 23.9 Å². The quantitative estimate of drug-likeness (QED) is 0.312. The molecule has 1 saturated heterocycles. The molecule has 0 spiro atoms. The van der Waals surface area contributed by atoms with Crippen LogP contribution in [0.2, 0.25) is 0 Å². The Morgan fingerprint density at radius 1 is 1.60 bits per heavy atom. The van der Waals surface area contributed by atoms with Crippen LogP contribution in [0.5, 0.6) is 0 Å². The second kappa shape index (κ2) is 10.3. The molecule has 4 unspecified atom stereocenters. The first kappa shape index (κ1) is 20.4. The van der Waals surface area contributed by atoms with Crippen molar-refractivity contribution in [1.29, 1.82) is 1.28 Å². The Labute approximate surface area is 175 Å². The second-order valence-corrected chi connectivity index (χ2v) is 6.79. The molecule has 5 N–H and O–H groups in total. The maximum Gasteiger partial charge on any atom is 0.351 e. The first-order chi connectivity index (χ1) is 15.0. The van der Waals surface area contributed by atoms with Gasteiger partial charge in [0.15, 0.2) is 0 Å². The highest BCUT2D eigenvalue weighted by atomic mass is 31.0. The molecule has 2 aromatic rings. The number of nitrogen functional groups attached to an aromatic ring is 1. The Balaban J connectivity index is 1.60. The van der Waals surface area contributed by atoms with E-state index in [-0.39, 0.29) is 31.3 Å². The molecule has 4 atom stereocenters. The summed E-state index contributed by atoms with van der Waals surface area (Å²) in [5.41, 5.74) is 6.41. The summed E-state index contributed by atoms with van der Waals surface area (Å²) in [5, 5.41) is 12.8. The van der Waals surface area contributed by atoms with Crippen LogP contribution < -0.4 is 16.7 Å². The number of nitrogens with one attached hydrogen (secondary N) is 2. The van der Waals surface area contributed by atoms with Crippen molar-refractivity contribution < 1.29 is 19.2 Å². The van der Waals surface area contributed by atoms with Gasteiger partial charge in [-0.05, 0) is 6.08 Å². The molecule has 1 fully saturated rings. The Morgan fingerprint density at radius 2 is 2.47 bits per heavy atom. The summed E-state index contributed by atoms with van der Waals surface area (Å²) in [6.45, 7) is 0.300. The van der Waals surface area contributed by atoms with E-state index in [1.54, 1.807) is 24.4 Å². The number of aromatic nitrogens is 4. The second-order valence-electron chi connectivity index (χ2n) is 6.50. The Hall–Kier alpha value is -2.85. The summed E-state index contributed by atoms with van der Waals surface area (Å²) in [6, 6.07) is 0. The number of nitrogens with zero attached hydrogens (tertiary/aromatic N) is 3. The van der Waals surface area contributed by atoms with E-state index in [0.29, 0.717) is 11.3 Å². The molecule has 1 amide bonds. The van der Waals surface area contributed by atoms with E-state index in [4.69, 9.17) is 16.3 Å². The number of hydrogen-bond donors (Lipinski definition) is 4. The van der Waals surface area contributed by atoms with Gasteiger partial charge in [0.25, 0.3) is 0 Å². The van der Waals surface area contributed by atoms with Gasteiger partial charge in [0, 0.05) is 40.2 Å². The van der Waals surface area contributed by atoms with Crippen molar-refractivity contribution in [1.82, 2.24) is 24.8 Å². The van der Waals surface area contributed by atoms with Crippen molar-refractivity contribution in [3.8, 4) is 0 Å². The third-order valence-electron chi connectivity index (χ3n) is 4.40. The smallest absolute Gasteiger partial charge is 0.351 e. The van der Waals surface area contributed by atoms with Crippen molar-refractivity contribution in [2.75, 3.05) is 18.9 Å². The van der Waals surface area contributed by atoms with Crippen molar-refractivity contribution in [3.05, 3.63) is 52.6 Å². The normalized spacial score (nSPS) is 22.4. The molecule has 0 bridgehead atoms. The van der Waals surface area contributed by atoms with E-state index in [1.165, 1.54) is 23.2 Å². The third kappa shape index (κ3) is 5.61. The molecule has 0 saturated carbocycles. The zero-order valence-corrected chi connectivity index (χ0v) is 16.9. The molecule has 1 aliphatic heterocycles. The van der Waals surface area contributed by atoms with E-state index in [0.717, 1.165) is 0 Å². The monoisotopic (exact) mass is 436 g/mol. The van der Waals surface area contributed by atoms with Gasteiger partial charge in [-0.25, -0.2) is 9.78 Å². The molecular weight excluding hydrogens is 411 g/mol. The van der Waals surface area contributed by atoms with Gasteiger partial charge in [-0.1, -0.05) is 12.2 Å². The number of hydrogen-bond acceptors (Lipinski definition) is 8. The molecule has 30 heavy (non-hydrogen) atoms. The molecule has 12 heteroatoms. The van der Waals surface area contributed by atoms with E-state index < -0.39 is 33.5 Å². The van der Waals surface area contributed by atoms with Gasteiger partial charge in [0.2, 0.25) is 5.91 Å². The van der Waals surface area contributed by atoms with Crippen LogP contribution in [0.15, 0.2) is 35.7 Å². The fourth-order valence-corrected chi connectivity index (χ4v) is 3.04. The average molecular weight is 436 g/mol. The van der Waals surface area contributed by atoms with Gasteiger partial charge in [-0.3, -0.25) is 9.36 Å². The van der Waals surface area contributed by atoms with Crippen molar-refractivity contribution >= 4 is 33.3 Å². The molecule has 2 aromatic heterocycles. The summed E-state index contributed by atoms with van der Waals surface area (Å²) in [5.74, 6) is -0.248. The average Bonchev–Trinajstić information content (AvgIpc) is 3.39. The lowest BCUT2D eigenvalue weighted by Gasteiger charge is -2.16. The van der Waals surface area contributed by atoms with Gasteiger partial charge in [0.05, 0.1) is 32.2 Å². The van der Waals surface area contributed by atoms with Crippen molar-refractivity contribution in [2.24, 2.45) is 0 Å². The molecule has 11 nitrogen and oxygen atoms in total. The molecule has 0 aliphatic carbocycles. The van der Waals surface area contributed by atoms with Crippen LogP contribution in [0.4, 0.5) is 5.82 Å². The van der Waals surface area contributed by atoms with E-state index in [9.17, 15) is 14.7 Å². The number of imidazole rings is 1. The SMILES string of the molecule is [3H]POCC1OC(n2cc(C=CCNC(=O)/C=C/c3cnc[nH]3)c(N)nc2=O)CC1O. The number of carbonyl (C=O) groups excluding carboxylic acids is 1. The Morgan fingerprint density at radius 3 is 3.23 bits per heavy atom. The number of aliphatic hydroxyl groups is 1. The molecule has 3 heterocycles. The predicted octanol–water partition coefficient (Wildman–Crippen LogP) is -0.153. The van der Waals surface area contributed by atoms with Crippen LogP contribution in [0, 0.1) is 0 Å². The van der Waals surface area contributed by atoms with E-state index in [1.807, 2.05) is 0 Å². The first-order valence-electron chi connectivity index (χ1n) is 9.59. The highest BCUT2D eigenvalue weighted by Gasteiger charge is 2.35. The molecule has 3 rings (SSSR count). The fourth-order valence-electron chi connectivity index (χ4n) is 2.88. The van der Waals surface area contributed by atoms with Crippen molar-refractivity contribution in [2.45, 2.75) is 24.9 Å². The Bertz CT molecular complexity index is 996. The minimum atomic E-state index is -0.824. The van der Waals surface area contributed by atoms with Crippen LogP contribution in [-0.4, -0.2) is 57.2 Å². The lowest BCUT2D eigenvalue weighted by Crippen LogP contribution is -2.29. The fraction of sp³-hybridized carbons (Fsp3) is 0.333. The van der Waals surface area contributed by atoms with E-state index >= 15 is 0 Å².